The summed E-state index contributed by atoms with van der Waals surface area (Å²) in [4.78, 5) is 34.8. The fourth-order valence-corrected chi connectivity index (χ4v) is 4.26. The molecule has 10 heteroatoms. The molecule has 166 valence electrons. The maximum absolute atomic E-state index is 12.7. The predicted octanol–water partition coefficient (Wildman–Crippen LogP) is 2.96. The van der Waals surface area contributed by atoms with Crippen LogP contribution in [0.15, 0.2) is 42.0 Å². The van der Waals surface area contributed by atoms with Crippen LogP contribution < -0.4 is 10.2 Å². The Morgan fingerprint density at radius 2 is 2.06 bits per heavy atom. The van der Waals surface area contributed by atoms with Crippen molar-refractivity contribution in [1.82, 2.24) is 20.2 Å². The molecule has 4 heterocycles. The molecule has 0 aliphatic carbocycles. The number of aromatic nitrogens is 4. The van der Waals surface area contributed by atoms with Crippen molar-refractivity contribution < 1.29 is 14.3 Å². The molecule has 0 aromatic carbocycles. The van der Waals surface area contributed by atoms with Gasteiger partial charge in [0, 0.05) is 42.3 Å². The molecule has 1 aliphatic heterocycles. The molecule has 0 atom stereocenters. The zero-order chi connectivity index (χ0) is 22.3. The number of hydrogen-bond acceptors (Lipinski definition) is 9. The summed E-state index contributed by atoms with van der Waals surface area (Å²) in [6, 6.07) is 7.71. The maximum Gasteiger partial charge on any atom is 0.311 e. The van der Waals surface area contributed by atoms with Crippen molar-refractivity contribution in [3.05, 3.63) is 47.7 Å². The maximum atomic E-state index is 12.7. The number of rotatable bonds is 7. The van der Waals surface area contributed by atoms with Crippen molar-refractivity contribution in [3.63, 3.8) is 0 Å². The van der Waals surface area contributed by atoms with Crippen LogP contribution in [-0.2, 0) is 20.7 Å². The van der Waals surface area contributed by atoms with Gasteiger partial charge in [0.2, 0.25) is 5.91 Å². The third kappa shape index (κ3) is 5.44. The second kappa shape index (κ2) is 10.3. The molecule has 0 saturated carbocycles. The van der Waals surface area contributed by atoms with Gasteiger partial charge in [-0.25, -0.2) is 4.98 Å². The third-order valence-electron chi connectivity index (χ3n) is 5.21. The van der Waals surface area contributed by atoms with Gasteiger partial charge in [-0.15, -0.1) is 21.5 Å². The number of hydrogen-bond donors (Lipinski definition) is 1. The molecule has 1 fully saturated rings. The highest BCUT2D eigenvalue weighted by atomic mass is 32.1. The number of nitrogens with zero attached hydrogens (tertiary/aromatic N) is 5. The number of pyridine rings is 1. The quantitative estimate of drug-likeness (QED) is 0.545. The van der Waals surface area contributed by atoms with Crippen LogP contribution in [0.2, 0.25) is 0 Å². The largest absolute Gasteiger partial charge is 0.466 e. The molecule has 32 heavy (non-hydrogen) atoms. The second-order valence-electron chi connectivity index (χ2n) is 7.39. The van der Waals surface area contributed by atoms with Crippen LogP contribution in [0.1, 0.15) is 25.5 Å². The lowest BCUT2D eigenvalue weighted by atomic mass is 9.96. The molecule has 0 radical (unpaired) electrons. The molecule has 1 aliphatic rings. The Morgan fingerprint density at radius 1 is 1.22 bits per heavy atom. The third-order valence-corrected chi connectivity index (χ3v) is 6.02. The van der Waals surface area contributed by atoms with Gasteiger partial charge in [-0.3, -0.25) is 14.6 Å². The molecular weight excluding hydrogens is 428 g/mol. The van der Waals surface area contributed by atoms with Crippen LogP contribution in [0.5, 0.6) is 0 Å². The van der Waals surface area contributed by atoms with Gasteiger partial charge in [0.1, 0.15) is 0 Å². The lowest BCUT2D eigenvalue weighted by Gasteiger charge is -2.31. The highest BCUT2D eigenvalue weighted by Crippen LogP contribution is 2.25. The summed E-state index contributed by atoms with van der Waals surface area (Å²) in [5.74, 6) is 0.352. The van der Waals surface area contributed by atoms with E-state index < -0.39 is 0 Å². The van der Waals surface area contributed by atoms with Gasteiger partial charge in [0.15, 0.2) is 10.9 Å². The first-order valence-electron chi connectivity index (χ1n) is 10.5. The van der Waals surface area contributed by atoms with Crippen LogP contribution >= 0.6 is 11.3 Å². The number of amides is 1. The molecule has 1 amide bonds. The summed E-state index contributed by atoms with van der Waals surface area (Å²) in [7, 11) is 0. The van der Waals surface area contributed by atoms with E-state index in [9.17, 15) is 9.59 Å². The first kappa shape index (κ1) is 21.8. The zero-order valence-corrected chi connectivity index (χ0v) is 18.5. The molecule has 3 aromatic heterocycles. The number of ether oxygens (including phenoxy) is 1. The van der Waals surface area contributed by atoms with Gasteiger partial charge in [0.25, 0.3) is 0 Å². The highest BCUT2D eigenvalue weighted by Gasteiger charge is 2.26. The van der Waals surface area contributed by atoms with E-state index in [0.29, 0.717) is 17.4 Å². The average Bonchev–Trinajstić information content (AvgIpc) is 3.26. The molecule has 0 unspecified atom stereocenters. The Bertz CT molecular complexity index is 1050. The fraction of sp³-hybridized carbons (Fsp3) is 0.364. The minimum absolute atomic E-state index is 0.0419. The van der Waals surface area contributed by atoms with Gasteiger partial charge >= 0.3 is 5.97 Å². The van der Waals surface area contributed by atoms with E-state index in [1.807, 2.05) is 24.3 Å². The van der Waals surface area contributed by atoms with Crippen LogP contribution in [0.3, 0.4) is 0 Å². The van der Waals surface area contributed by atoms with Crippen LogP contribution in [0, 0.1) is 5.92 Å². The molecular formula is C22H24N6O3S. The Kier molecular flexibility index (Phi) is 7.00. The minimum atomic E-state index is -0.320. The molecule has 4 rings (SSSR count). The summed E-state index contributed by atoms with van der Waals surface area (Å²) in [6.07, 6.45) is 5.04. The van der Waals surface area contributed by atoms with Crippen molar-refractivity contribution in [2.45, 2.75) is 26.2 Å². The first-order chi connectivity index (χ1) is 15.6. The molecule has 1 N–H and O–H groups in total. The van der Waals surface area contributed by atoms with E-state index in [4.69, 9.17) is 4.74 Å². The lowest BCUT2D eigenvalue weighted by molar-refractivity contribution is -0.142. The number of esters is 1. The van der Waals surface area contributed by atoms with Gasteiger partial charge in [-0.2, -0.15) is 0 Å². The van der Waals surface area contributed by atoms with Gasteiger partial charge in [-0.1, -0.05) is 0 Å². The number of nitrogens with one attached hydrogen (secondary N) is 1. The molecule has 0 spiro atoms. The summed E-state index contributed by atoms with van der Waals surface area (Å²) < 4.78 is 4.93. The van der Waals surface area contributed by atoms with E-state index in [0.717, 1.165) is 43.0 Å². The van der Waals surface area contributed by atoms with E-state index in [2.05, 4.69) is 30.4 Å². The Hall–Kier alpha value is -3.40. The number of anilines is 2. The van der Waals surface area contributed by atoms with Crippen LogP contribution in [0.4, 0.5) is 10.9 Å². The van der Waals surface area contributed by atoms with Crippen molar-refractivity contribution >= 4 is 34.2 Å². The van der Waals surface area contributed by atoms with Gasteiger partial charge in [0.05, 0.1) is 24.4 Å². The summed E-state index contributed by atoms with van der Waals surface area (Å²) in [5, 5.41) is 13.8. The number of piperidine rings is 1. The Labute approximate surface area is 189 Å². The van der Waals surface area contributed by atoms with Gasteiger partial charge in [-0.05, 0) is 44.0 Å². The fourth-order valence-electron chi connectivity index (χ4n) is 3.55. The van der Waals surface area contributed by atoms with E-state index in [1.54, 1.807) is 24.7 Å². The molecule has 1 saturated heterocycles. The lowest BCUT2D eigenvalue weighted by Crippen LogP contribution is -2.38. The van der Waals surface area contributed by atoms with Crippen molar-refractivity contribution in [2.24, 2.45) is 5.92 Å². The van der Waals surface area contributed by atoms with Crippen LogP contribution in [0.25, 0.3) is 11.3 Å². The van der Waals surface area contributed by atoms with Crippen molar-refractivity contribution in [3.8, 4) is 11.3 Å². The van der Waals surface area contributed by atoms with Crippen molar-refractivity contribution in [2.75, 3.05) is 29.9 Å². The number of thiazole rings is 1. The average molecular weight is 453 g/mol. The van der Waals surface area contributed by atoms with E-state index >= 15 is 0 Å². The number of carbonyl (C=O) groups is 2. The monoisotopic (exact) mass is 452 g/mol. The SMILES string of the molecule is CCOC(=O)Cc1csc(NC(=O)C2CCN(c3ccc(-c4cccnc4)nn3)CC2)n1. The normalized spacial score (nSPS) is 14.2. The first-order valence-corrected chi connectivity index (χ1v) is 11.4. The summed E-state index contributed by atoms with van der Waals surface area (Å²) in [5.41, 5.74) is 2.31. The topological polar surface area (TPSA) is 110 Å². The standard InChI is InChI=1S/C22H24N6O3S/c1-2-31-20(29)12-17-14-32-22(24-17)25-21(30)15-7-10-28(11-8-15)19-6-5-18(26-27-19)16-4-3-9-23-13-16/h3-6,9,13-15H,2,7-8,10-12H2,1H3,(H,24,25,30). The smallest absolute Gasteiger partial charge is 0.311 e. The Balaban J connectivity index is 1.28. The predicted molar refractivity (Wildman–Crippen MR) is 121 cm³/mol. The molecule has 0 bridgehead atoms. The van der Waals surface area contributed by atoms with Gasteiger partial charge < -0.3 is 15.0 Å². The van der Waals surface area contributed by atoms with E-state index in [1.165, 1.54) is 11.3 Å². The molecule has 9 nitrogen and oxygen atoms in total. The molecule has 3 aromatic rings. The highest BCUT2D eigenvalue weighted by molar-refractivity contribution is 7.13. The summed E-state index contributed by atoms with van der Waals surface area (Å²) in [6.45, 7) is 3.56. The summed E-state index contributed by atoms with van der Waals surface area (Å²) >= 11 is 1.31. The number of carbonyl (C=O) groups excluding carboxylic acids is 2. The second-order valence-corrected chi connectivity index (χ2v) is 8.25. The minimum Gasteiger partial charge on any atom is -0.466 e. The zero-order valence-electron chi connectivity index (χ0n) is 17.7. The van der Waals surface area contributed by atoms with Crippen molar-refractivity contribution in [1.29, 1.82) is 0 Å². The van der Waals surface area contributed by atoms with E-state index in [-0.39, 0.29) is 24.2 Å². The Morgan fingerprint density at radius 3 is 2.75 bits per heavy atom. The van der Waals surface area contributed by atoms with Crippen LogP contribution in [-0.4, -0.2) is 51.7 Å².